The Hall–Kier alpha value is -1.34. The minimum Gasteiger partial charge on any atom is -0.347 e. The summed E-state index contributed by atoms with van der Waals surface area (Å²) in [6.45, 7) is 5.76. The second kappa shape index (κ2) is 3.81. The lowest BCUT2D eigenvalue weighted by molar-refractivity contribution is 0.0924. The molecule has 0 fully saturated rings. The molecule has 0 atom stereocenters. The van der Waals surface area contributed by atoms with E-state index in [1.54, 1.807) is 12.1 Å². The van der Waals surface area contributed by atoms with Crippen molar-refractivity contribution in [2.24, 2.45) is 0 Å². The molecule has 1 aromatic heterocycles. The number of thiophene rings is 1. The average molecular weight is 208 g/mol. The topological polar surface area (TPSA) is 52.9 Å². The van der Waals surface area contributed by atoms with E-state index in [0.29, 0.717) is 9.75 Å². The SMILES string of the molecule is CC(C)(C)NC(=O)c1ccc(C#N)s1. The van der Waals surface area contributed by atoms with Crippen molar-refractivity contribution < 1.29 is 4.79 Å². The third-order valence-corrected chi connectivity index (χ3v) is 2.42. The van der Waals surface area contributed by atoms with Crippen LogP contribution in [0.5, 0.6) is 0 Å². The van der Waals surface area contributed by atoms with Gasteiger partial charge in [-0.2, -0.15) is 5.26 Å². The molecule has 1 amide bonds. The van der Waals surface area contributed by atoms with Crippen LogP contribution in [0.25, 0.3) is 0 Å². The summed E-state index contributed by atoms with van der Waals surface area (Å²) in [6, 6.07) is 5.33. The summed E-state index contributed by atoms with van der Waals surface area (Å²) in [7, 11) is 0. The number of nitrogens with one attached hydrogen (secondary N) is 1. The summed E-state index contributed by atoms with van der Waals surface area (Å²) >= 11 is 1.21. The van der Waals surface area contributed by atoms with E-state index in [2.05, 4.69) is 5.32 Å². The van der Waals surface area contributed by atoms with Gasteiger partial charge in [-0.25, -0.2) is 0 Å². The minimum atomic E-state index is -0.242. The number of carbonyl (C=O) groups excluding carboxylic acids is 1. The van der Waals surface area contributed by atoms with E-state index in [0.717, 1.165) is 0 Å². The molecule has 1 N–H and O–H groups in total. The van der Waals surface area contributed by atoms with Crippen molar-refractivity contribution in [2.75, 3.05) is 0 Å². The van der Waals surface area contributed by atoms with Crippen LogP contribution in [-0.2, 0) is 0 Å². The van der Waals surface area contributed by atoms with Gasteiger partial charge in [-0.05, 0) is 32.9 Å². The van der Waals surface area contributed by atoms with Gasteiger partial charge < -0.3 is 5.32 Å². The Morgan fingerprint density at radius 1 is 1.50 bits per heavy atom. The number of hydrogen-bond acceptors (Lipinski definition) is 3. The van der Waals surface area contributed by atoms with Gasteiger partial charge in [-0.3, -0.25) is 4.79 Å². The Kier molecular flexibility index (Phi) is 2.92. The highest BCUT2D eigenvalue weighted by molar-refractivity contribution is 7.14. The lowest BCUT2D eigenvalue weighted by Gasteiger charge is -2.19. The van der Waals surface area contributed by atoms with E-state index >= 15 is 0 Å². The molecular formula is C10H12N2OS. The Bertz CT molecular complexity index is 382. The van der Waals surface area contributed by atoms with Gasteiger partial charge in [0.15, 0.2) is 0 Å². The number of amides is 1. The third-order valence-electron chi connectivity index (χ3n) is 1.43. The van der Waals surface area contributed by atoms with Crippen LogP contribution < -0.4 is 5.32 Å². The second-order valence-electron chi connectivity index (χ2n) is 3.98. The molecule has 1 aromatic rings. The summed E-state index contributed by atoms with van der Waals surface area (Å²) in [6.07, 6.45) is 0. The number of carbonyl (C=O) groups is 1. The van der Waals surface area contributed by atoms with E-state index in [1.807, 2.05) is 26.8 Å². The molecular weight excluding hydrogens is 196 g/mol. The maximum Gasteiger partial charge on any atom is 0.261 e. The molecule has 3 nitrogen and oxygen atoms in total. The van der Waals surface area contributed by atoms with Crippen LogP contribution in [0.2, 0.25) is 0 Å². The molecule has 0 bridgehead atoms. The molecule has 1 rings (SSSR count). The monoisotopic (exact) mass is 208 g/mol. The van der Waals surface area contributed by atoms with Crippen LogP contribution in [0.15, 0.2) is 12.1 Å². The predicted molar refractivity (Wildman–Crippen MR) is 56.3 cm³/mol. The van der Waals surface area contributed by atoms with Crippen molar-refractivity contribution in [3.63, 3.8) is 0 Å². The Morgan fingerprint density at radius 2 is 2.14 bits per heavy atom. The van der Waals surface area contributed by atoms with Gasteiger partial charge in [0.2, 0.25) is 0 Å². The van der Waals surface area contributed by atoms with Gasteiger partial charge >= 0.3 is 0 Å². The lowest BCUT2D eigenvalue weighted by atomic mass is 10.1. The average Bonchev–Trinajstić information content (AvgIpc) is 2.48. The molecule has 0 aliphatic carbocycles. The van der Waals surface area contributed by atoms with Gasteiger partial charge in [-0.15, -0.1) is 11.3 Å². The van der Waals surface area contributed by atoms with E-state index < -0.39 is 0 Å². The summed E-state index contributed by atoms with van der Waals surface area (Å²) in [5.41, 5.74) is -0.242. The van der Waals surface area contributed by atoms with Crippen LogP contribution in [0.1, 0.15) is 35.3 Å². The van der Waals surface area contributed by atoms with Gasteiger partial charge in [-0.1, -0.05) is 0 Å². The van der Waals surface area contributed by atoms with E-state index in [9.17, 15) is 4.79 Å². The number of rotatable bonds is 1. The number of hydrogen-bond donors (Lipinski definition) is 1. The molecule has 14 heavy (non-hydrogen) atoms. The molecule has 0 aliphatic heterocycles. The molecule has 4 heteroatoms. The van der Waals surface area contributed by atoms with Crippen LogP contribution in [-0.4, -0.2) is 11.4 Å². The summed E-state index contributed by atoms with van der Waals surface area (Å²) in [5, 5.41) is 11.4. The molecule has 0 unspecified atom stereocenters. The molecule has 1 heterocycles. The maximum atomic E-state index is 11.6. The summed E-state index contributed by atoms with van der Waals surface area (Å²) in [5.74, 6) is -0.121. The highest BCUT2D eigenvalue weighted by Gasteiger charge is 2.16. The van der Waals surface area contributed by atoms with Gasteiger partial charge in [0.1, 0.15) is 10.9 Å². The first kappa shape index (κ1) is 10.7. The highest BCUT2D eigenvalue weighted by atomic mass is 32.1. The van der Waals surface area contributed by atoms with Gasteiger partial charge in [0.05, 0.1) is 4.88 Å². The smallest absolute Gasteiger partial charge is 0.261 e. The fourth-order valence-electron chi connectivity index (χ4n) is 0.922. The predicted octanol–water partition coefficient (Wildman–Crippen LogP) is 2.15. The highest BCUT2D eigenvalue weighted by Crippen LogP contribution is 2.16. The molecule has 0 spiro atoms. The minimum absolute atomic E-state index is 0.121. The zero-order valence-electron chi connectivity index (χ0n) is 8.42. The fourth-order valence-corrected chi connectivity index (χ4v) is 1.62. The first-order chi connectivity index (χ1) is 6.42. The molecule has 0 aromatic carbocycles. The van der Waals surface area contributed by atoms with E-state index in [1.165, 1.54) is 11.3 Å². The quantitative estimate of drug-likeness (QED) is 0.768. The molecule has 74 valence electrons. The third kappa shape index (κ3) is 2.86. The molecule has 0 radical (unpaired) electrons. The van der Waals surface area contributed by atoms with Crippen LogP contribution in [0, 0.1) is 11.3 Å². The zero-order valence-corrected chi connectivity index (χ0v) is 9.23. The Labute approximate surface area is 87.4 Å². The van der Waals surface area contributed by atoms with Gasteiger partial charge in [0.25, 0.3) is 5.91 Å². The number of nitrogens with zero attached hydrogens (tertiary/aromatic N) is 1. The van der Waals surface area contributed by atoms with Crippen LogP contribution in [0.4, 0.5) is 0 Å². The Morgan fingerprint density at radius 3 is 2.57 bits per heavy atom. The van der Waals surface area contributed by atoms with Gasteiger partial charge in [0, 0.05) is 5.54 Å². The summed E-state index contributed by atoms with van der Waals surface area (Å²) < 4.78 is 0. The van der Waals surface area contributed by atoms with Crippen molar-refractivity contribution in [3.05, 3.63) is 21.9 Å². The molecule has 0 aliphatic rings. The van der Waals surface area contributed by atoms with E-state index in [-0.39, 0.29) is 11.4 Å². The molecule has 0 saturated heterocycles. The van der Waals surface area contributed by atoms with E-state index in [4.69, 9.17) is 5.26 Å². The van der Waals surface area contributed by atoms with Crippen molar-refractivity contribution >= 4 is 17.2 Å². The standard InChI is InChI=1S/C10H12N2OS/c1-10(2,3)12-9(13)8-5-4-7(6-11)14-8/h4-5H,1-3H3,(H,12,13). The Balaban J connectivity index is 2.76. The van der Waals surface area contributed by atoms with Crippen molar-refractivity contribution in [2.45, 2.75) is 26.3 Å². The zero-order chi connectivity index (χ0) is 10.8. The van der Waals surface area contributed by atoms with Crippen molar-refractivity contribution in [1.29, 1.82) is 5.26 Å². The van der Waals surface area contributed by atoms with Crippen molar-refractivity contribution in [3.8, 4) is 6.07 Å². The fraction of sp³-hybridized carbons (Fsp3) is 0.400. The normalized spacial score (nSPS) is 10.7. The largest absolute Gasteiger partial charge is 0.347 e. The summed E-state index contributed by atoms with van der Waals surface area (Å²) in [4.78, 5) is 12.7. The number of nitriles is 1. The van der Waals surface area contributed by atoms with Crippen LogP contribution >= 0.6 is 11.3 Å². The molecule has 0 saturated carbocycles. The first-order valence-corrected chi connectivity index (χ1v) is 5.06. The first-order valence-electron chi connectivity index (χ1n) is 4.25. The van der Waals surface area contributed by atoms with Crippen molar-refractivity contribution in [1.82, 2.24) is 5.32 Å². The maximum absolute atomic E-state index is 11.6. The lowest BCUT2D eigenvalue weighted by Crippen LogP contribution is -2.40. The second-order valence-corrected chi connectivity index (χ2v) is 5.06. The van der Waals surface area contributed by atoms with Crippen LogP contribution in [0.3, 0.4) is 0 Å².